The summed E-state index contributed by atoms with van der Waals surface area (Å²) in [4.78, 5) is 12.0. The molecule has 104 valence electrons. The Morgan fingerprint density at radius 1 is 1.00 bits per heavy atom. The van der Waals surface area contributed by atoms with Crippen molar-refractivity contribution in [2.45, 2.75) is 20.8 Å². The van der Waals surface area contributed by atoms with Crippen LogP contribution in [0.3, 0.4) is 0 Å². The highest BCUT2D eigenvalue weighted by Gasteiger charge is 2.11. The molecule has 2 aromatic carbocycles. The predicted molar refractivity (Wildman–Crippen MR) is 76.9 cm³/mol. The zero-order valence-corrected chi connectivity index (χ0v) is 11.9. The van der Waals surface area contributed by atoms with Crippen LogP contribution in [0.2, 0.25) is 0 Å². The van der Waals surface area contributed by atoms with E-state index in [0.717, 1.165) is 22.4 Å². The maximum Gasteiger partial charge on any atom is 0.200 e. The van der Waals surface area contributed by atoms with Crippen molar-refractivity contribution >= 4 is 5.78 Å². The Kier molecular flexibility index (Phi) is 4.18. The zero-order chi connectivity index (χ0) is 14.7. The second-order valence-corrected chi connectivity index (χ2v) is 4.87. The Bertz CT molecular complexity index is 630. The molecule has 0 saturated carbocycles. The molecule has 2 aromatic rings. The van der Waals surface area contributed by atoms with Gasteiger partial charge < -0.3 is 4.74 Å². The second-order valence-electron chi connectivity index (χ2n) is 4.87. The number of aryl methyl sites for hydroxylation is 2. The summed E-state index contributed by atoms with van der Waals surface area (Å²) in [6.45, 7) is 5.88. The summed E-state index contributed by atoms with van der Waals surface area (Å²) in [5.41, 5.74) is 3.62. The molecule has 20 heavy (non-hydrogen) atoms. The molecule has 0 spiro atoms. The fourth-order valence-electron chi connectivity index (χ4n) is 2.00. The van der Waals surface area contributed by atoms with E-state index >= 15 is 0 Å². The van der Waals surface area contributed by atoms with E-state index in [0.29, 0.717) is 5.56 Å². The fraction of sp³-hybridized carbons (Fsp3) is 0.235. The van der Waals surface area contributed by atoms with Crippen molar-refractivity contribution in [3.8, 4) is 5.75 Å². The molecule has 0 aliphatic rings. The zero-order valence-electron chi connectivity index (χ0n) is 11.9. The van der Waals surface area contributed by atoms with Gasteiger partial charge in [-0.15, -0.1) is 0 Å². The molecule has 0 atom stereocenters. The molecule has 0 aromatic heterocycles. The van der Waals surface area contributed by atoms with E-state index in [2.05, 4.69) is 0 Å². The molecular formula is C17H17FO2. The first-order valence-electron chi connectivity index (χ1n) is 6.47. The van der Waals surface area contributed by atoms with Crippen LogP contribution in [0.15, 0.2) is 36.4 Å². The number of hydrogen-bond acceptors (Lipinski definition) is 2. The van der Waals surface area contributed by atoms with Crippen molar-refractivity contribution in [2.75, 3.05) is 6.61 Å². The van der Waals surface area contributed by atoms with E-state index < -0.39 is 0 Å². The van der Waals surface area contributed by atoms with Crippen LogP contribution in [-0.2, 0) is 0 Å². The fourth-order valence-corrected chi connectivity index (χ4v) is 2.00. The molecule has 0 radical (unpaired) electrons. The Hall–Kier alpha value is -2.16. The van der Waals surface area contributed by atoms with Gasteiger partial charge in [-0.05, 0) is 61.7 Å². The summed E-state index contributed by atoms with van der Waals surface area (Å²) in [6.07, 6.45) is 0. The number of ketones is 1. The van der Waals surface area contributed by atoms with E-state index in [1.165, 1.54) is 24.3 Å². The van der Waals surface area contributed by atoms with Crippen LogP contribution < -0.4 is 4.74 Å². The van der Waals surface area contributed by atoms with Gasteiger partial charge in [-0.25, -0.2) is 4.39 Å². The first-order valence-corrected chi connectivity index (χ1v) is 6.47. The van der Waals surface area contributed by atoms with Crippen molar-refractivity contribution in [2.24, 2.45) is 0 Å². The Morgan fingerprint density at radius 2 is 1.60 bits per heavy atom. The van der Waals surface area contributed by atoms with Gasteiger partial charge in [-0.3, -0.25) is 4.79 Å². The van der Waals surface area contributed by atoms with Gasteiger partial charge in [0.15, 0.2) is 12.4 Å². The largest absolute Gasteiger partial charge is 0.485 e. The summed E-state index contributed by atoms with van der Waals surface area (Å²) < 4.78 is 18.5. The Balaban J connectivity index is 2.11. The highest BCUT2D eigenvalue weighted by atomic mass is 19.1. The average molecular weight is 272 g/mol. The lowest BCUT2D eigenvalue weighted by molar-refractivity contribution is 0.0920. The van der Waals surface area contributed by atoms with E-state index in [1.54, 1.807) is 0 Å². The van der Waals surface area contributed by atoms with Crippen LogP contribution in [0, 0.1) is 26.6 Å². The summed E-state index contributed by atoms with van der Waals surface area (Å²) in [6, 6.07) is 9.49. The number of carbonyl (C=O) groups is 1. The number of benzene rings is 2. The highest BCUT2D eigenvalue weighted by molar-refractivity contribution is 5.97. The molecule has 0 N–H and O–H groups in total. The van der Waals surface area contributed by atoms with Crippen LogP contribution in [0.1, 0.15) is 27.0 Å². The second kappa shape index (κ2) is 5.87. The lowest BCUT2D eigenvalue weighted by Crippen LogP contribution is -2.13. The number of rotatable bonds is 4. The molecule has 2 rings (SSSR count). The lowest BCUT2D eigenvalue weighted by Gasteiger charge is -2.13. The molecule has 0 saturated heterocycles. The summed E-state index contributed by atoms with van der Waals surface area (Å²) >= 11 is 0. The third kappa shape index (κ3) is 3.05. The number of Topliss-reactive ketones (excluding diaryl/α,β-unsaturated/α-hetero) is 1. The van der Waals surface area contributed by atoms with Crippen molar-refractivity contribution in [1.82, 2.24) is 0 Å². The van der Waals surface area contributed by atoms with Gasteiger partial charge in [-0.2, -0.15) is 0 Å². The maximum absolute atomic E-state index is 12.8. The summed E-state index contributed by atoms with van der Waals surface area (Å²) in [5.74, 6) is 0.235. The third-order valence-electron chi connectivity index (χ3n) is 3.39. The standard InChI is InChI=1S/C17H17FO2/c1-11-4-5-12(2)17(13(11)3)20-10-16(19)14-6-8-15(18)9-7-14/h4-9H,10H2,1-3H3. The van der Waals surface area contributed by atoms with Crippen molar-refractivity contribution < 1.29 is 13.9 Å². The summed E-state index contributed by atoms with van der Waals surface area (Å²) in [7, 11) is 0. The van der Waals surface area contributed by atoms with Crippen LogP contribution in [0.25, 0.3) is 0 Å². The molecule has 0 aliphatic carbocycles. The van der Waals surface area contributed by atoms with E-state index in [9.17, 15) is 9.18 Å². The smallest absolute Gasteiger partial charge is 0.200 e. The lowest BCUT2D eigenvalue weighted by atomic mass is 10.1. The predicted octanol–water partition coefficient (Wildman–Crippen LogP) is 4.01. The SMILES string of the molecule is Cc1ccc(C)c(OCC(=O)c2ccc(F)cc2)c1C. The quantitative estimate of drug-likeness (QED) is 0.786. The number of carbonyl (C=O) groups excluding carboxylic acids is 1. The van der Waals surface area contributed by atoms with Crippen LogP contribution in [0.4, 0.5) is 4.39 Å². The molecule has 0 bridgehead atoms. The molecular weight excluding hydrogens is 255 g/mol. The van der Waals surface area contributed by atoms with E-state index in [4.69, 9.17) is 4.74 Å². The Labute approximate surface area is 118 Å². The molecule has 0 heterocycles. The number of ether oxygens (including phenoxy) is 1. The summed E-state index contributed by atoms with van der Waals surface area (Å²) in [5, 5.41) is 0. The van der Waals surface area contributed by atoms with Gasteiger partial charge in [0, 0.05) is 5.56 Å². The normalized spacial score (nSPS) is 10.4. The van der Waals surface area contributed by atoms with Gasteiger partial charge >= 0.3 is 0 Å². The van der Waals surface area contributed by atoms with Gasteiger partial charge in [0.25, 0.3) is 0 Å². The third-order valence-corrected chi connectivity index (χ3v) is 3.39. The molecule has 3 heteroatoms. The maximum atomic E-state index is 12.8. The van der Waals surface area contributed by atoms with Gasteiger partial charge in [0.2, 0.25) is 0 Å². The monoisotopic (exact) mass is 272 g/mol. The molecule has 0 fully saturated rings. The van der Waals surface area contributed by atoms with Crippen molar-refractivity contribution in [3.05, 3.63) is 64.5 Å². The van der Waals surface area contributed by atoms with Gasteiger partial charge in [0.1, 0.15) is 11.6 Å². The minimum Gasteiger partial charge on any atom is -0.485 e. The minimum absolute atomic E-state index is 0.0449. The van der Waals surface area contributed by atoms with Crippen LogP contribution in [0.5, 0.6) is 5.75 Å². The molecule has 0 unspecified atom stereocenters. The topological polar surface area (TPSA) is 26.3 Å². The minimum atomic E-state index is -0.354. The van der Waals surface area contributed by atoms with Crippen LogP contribution >= 0.6 is 0 Å². The van der Waals surface area contributed by atoms with Crippen LogP contribution in [-0.4, -0.2) is 12.4 Å². The first kappa shape index (κ1) is 14.3. The van der Waals surface area contributed by atoms with Gasteiger partial charge in [-0.1, -0.05) is 12.1 Å². The van der Waals surface area contributed by atoms with E-state index in [-0.39, 0.29) is 18.2 Å². The average Bonchev–Trinajstić information content (AvgIpc) is 2.43. The van der Waals surface area contributed by atoms with Crippen molar-refractivity contribution in [1.29, 1.82) is 0 Å². The number of halogens is 1. The van der Waals surface area contributed by atoms with E-state index in [1.807, 2.05) is 32.9 Å². The van der Waals surface area contributed by atoms with Crippen molar-refractivity contribution in [3.63, 3.8) is 0 Å². The Morgan fingerprint density at radius 3 is 2.25 bits per heavy atom. The molecule has 2 nitrogen and oxygen atoms in total. The first-order chi connectivity index (χ1) is 9.49. The molecule has 0 amide bonds. The highest BCUT2D eigenvalue weighted by Crippen LogP contribution is 2.25. The van der Waals surface area contributed by atoms with Gasteiger partial charge in [0.05, 0.1) is 0 Å². The number of hydrogen-bond donors (Lipinski definition) is 0. The molecule has 0 aliphatic heterocycles.